The monoisotopic (exact) mass is 272 g/mol. The Morgan fingerprint density at radius 3 is 2.53 bits per heavy atom. The third-order valence-electron chi connectivity index (χ3n) is 1.85. The van der Waals surface area contributed by atoms with E-state index in [9.17, 15) is 4.79 Å². The summed E-state index contributed by atoms with van der Waals surface area (Å²) >= 11 is 3.18. The van der Waals surface area contributed by atoms with Gasteiger partial charge in [0.2, 0.25) is 0 Å². The second kappa shape index (κ2) is 4.26. The summed E-state index contributed by atoms with van der Waals surface area (Å²) in [6.45, 7) is 6.06. The lowest BCUT2D eigenvalue weighted by Gasteiger charge is -2.18. The summed E-state index contributed by atoms with van der Waals surface area (Å²) in [5.41, 5.74) is 1.24. The molecular weight excluding hydrogens is 260 g/mol. The molecule has 0 spiro atoms. The summed E-state index contributed by atoms with van der Waals surface area (Å²) in [5, 5.41) is 8.68. The van der Waals surface area contributed by atoms with Gasteiger partial charge < -0.3 is 5.11 Å². The minimum Gasteiger partial charge on any atom is -0.481 e. The fraction of sp³-hybridized carbons (Fsp3) is 0.500. The first kappa shape index (κ1) is 12.1. The van der Waals surface area contributed by atoms with Crippen LogP contribution in [0.2, 0.25) is 0 Å². The maximum atomic E-state index is 10.6. The Morgan fingerprint density at radius 1 is 1.47 bits per heavy atom. The van der Waals surface area contributed by atoms with Crippen molar-refractivity contribution in [1.29, 1.82) is 0 Å². The highest BCUT2D eigenvalue weighted by Crippen LogP contribution is 2.22. The maximum Gasteiger partial charge on any atom is 0.309 e. The molecular formula is C10H13BrN2O2. The molecule has 4 nitrogen and oxygen atoms in total. The van der Waals surface area contributed by atoms with Crippen molar-refractivity contribution in [1.82, 2.24) is 9.97 Å². The molecule has 0 saturated carbocycles. The van der Waals surface area contributed by atoms with Crippen LogP contribution in [-0.4, -0.2) is 21.0 Å². The van der Waals surface area contributed by atoms with Gasteiger partial charge in [0.1, 0.15) is 0 Å². The van der Waals surface area contributed by atoms with Crippen molar-refractivity contribution < 1.29 is 9.90 Å². The van der Waals surface area contributed by atoms with Crippen molar-refractivity contribution >= 4 is 21.9 Å². The van der Waals surface area contributed by atoms with Crippen LogP contribution in [0.1, 0.15) is 32.2 Å². The van der Waals surface area contributed by atoms with Gasteiger partial charge in [-0.15, -0.1) is 0 Å². The molecule has 82 valence electrons. The molecule has 0 radical (unpaired) electrons. The number of nitrogens with zero attached hydrogens (tertiary/aromatic N) is 2. The zero-order valence-electron chi connectivity index (χ0n) is 8.91. The van der Waals surface area contributed by atoms with E-state index < -0.39 is 5.97 Å². The van der Waals surface area contributed by atoms with E-state index in [2.05, 4.69) is 25.9 Å². The van der Waals surface area contributed by atoms with E-state index >= 15 is 0 Å². The summed E-state index contributed by atoms with van der Waals surface area (Å²) in [5.74, 6) is -0.888. The standard InChI is InChI=1S/C10H13BrN2O2/c1-10(2,3)7-4-6(5-8(14)15)12-9(11)13-7/h4H,5H2,1-3H3,(H,14,15). The molecule has 0 atom stereocenters. The van der Waals surface area contributed by atoms with Gasteiger partial charge in [-0.05, 0) is 22.0 Å². The largest absolute Gasteiger partial charge is 0.481 e. The molecule has 0 fully saturated rings. The van der Waals surface area contributed by atoms with Crippen LogP contribution < -0.4 is 0 Å². The summed E-state index contributed by atoms with van der Waals surface area (Å²) < 4.78 is 0.436. The first-order valence-electron chi connectivity index (χ1n) is 4.55. The molecule has 1 aromatic rings. The number of rotatable bonds is 2. The number of halogens is 1. The zero-order chi connectivity index (χ0) is 11.6. The molecule has 0 aliphatic carbocycles. The van der Waals surface area contributed by atoms with Gasteiger partial charge >= 0.3 is 5.97 Å². The molecule has 0 aliphatic heterocycles. The normalized spacial score (nSPS) is 11.5. The average Bonchev–Trinajstić information content (AvgIpc) is 1.99. The second-order valence-corrected chi connectivity index (χ2v) is 5.04. The summed E-state index contributed by atoms with van der Waals surface area (Å²) in [6.07, 6.45) is -0.0792. The highest BCUT2D eigenvalue weighted by atomic mass is 79.9. The summed E-state index contributed by atoms with van der Waals surface area (Å²) in [7, 11) is 0. The first-order valence-corrected chi connectivity index (χ1v) is 5.34. The predicted molar refractivity (Wildman–Crippen MR) is 59.8 cm³/mol. The van der Waals surface area contributed by atoms with E-state index in [4.69, 9.17) is 5.11 Å². The molecule has 1 N–H and O–H groups in total. The molecule has 0 aromatic carbocycles. The van der Waals surface area contributed by atoms with Gasteiger partial charge in [-0.1, -0.05) is 20.8 Å². The third-order valence-corrected chi connectivity index (χ3v) is 2.21. The molecule has 0 aliphatic rings. The lowest BCUT2D eigenvalue weighted by Crippen LogP contribution is -2.16. The maximum absolute atomic E-state index is 10.6. The van der Waals surface area contributed by atoms with Crippen LogP contribution in [0.5, 0.6) is 0 Å². The minimum atomic E-state index is -0.888. The van der Waals surface area contributed by atoms with Crippen molar-refractivity contribution in [2.45, 2.75) is 32.6 Å². The molecule has 1 heterocycles. The average molecular weight is 273 g/mol. The van der Waals surface area contributed by atoms with Gasteiger partial charge in [0.05, 0.1) is 17.8 Å². The zero-order valence-corrected chi connectivity index (χ0v) is 10.5. The number of aromatic nitrogens is 2. The lowest BCUT2D eigenvalue weighted by molar-refractivity contribution is -0.136. The van der Waals surface area contributed by atoms with E-state index in [1.54, 1.807) is 6.07 Å². The van der Waals surface area contributed by atoms with Crippen molar-refractivity contribution in [2.24, 2.45) is 0 Å². The van der Waals surface area contributed by atoms with Crippen LogP contribution >= 0.6 is 15.9 Å². The number of carboxylic acids is 1. The minimum absolute atomic E-state index is 0.0792. The quantitative estimate of drug-likeness (QED) is 0.839. The fourth-order valence-electron chi connectivity index (χ4n) is 1.09. The number of hydrogen-bond acceptors (Lipinski definition) is 3. The van der Waals surface area contributed by atoms with Gasteiger partial charge in [0, 0.05) is 5.41 Å². The van der Waals surface area contributed by atoms with Gasteiger partial charge in [-0.3, -0.25) is 4.79 Å². The number of hydrogen-bond donors (Lipinski definition) is 1. The second-order valence-electron chi connectivity index (χ2n) is 4.33. The van der Waals surface area contributed by atoms with Crippen molar-refractivity contribution in [3.05, 3.63) is 22.2 Å². The van der Waals surface area contributed by atoms with Gasteiger partial charge in [-0.2, -0.15) is 0 Å². The van der Waals surface area contributed by atoms with Crippen LogP contribution in [-0.2, 0) is 16.6 Å². The fourth-order valence-corrected chi connectivity index (χ4v) is 1.51. The smallest absolute Gasteiger partial charge is 0.309 e. The predicted octanol–water partition coefficient (Wildman–Crippen LogP) is 2.16. The Labute approximate surface area is 96.9 Å². The van der Waals surface area contributed by atoms with E-state index in [1.807, 2.05) is 20.8 Å². The van der Waals surface area contributed by atoms with Crippen LogP contribution in [0.4, 0.5) is 0 Å². The van der Waals surface area contributed by atoms with Gasteiger partial charge in [0.25, 0.3) is 0 Å². The van der Waals surface area contributed by atoms with E-state index in [0.717, 1.165) is 5.69 Å². The van der Waals surface area contributed by atoms with Crippen molar-refractivity contribution in [3.8, 4) is 0 Å². The molecule has 0 amide bonds. The van der Waals surface area contributed by atoms with Crippen LogP contribution in [0.25, 0.3) is 0 Å². The number of carbonyl (C=O) groups is 1. The topological polar surface area (TPSA) is 63.1 Å². The Kier molecular flexibility index (Phi) is 3.44. The molecule has 1 aromatic heterocycles. The summed E-state index contributed by atoms with van der Waals surface area (Å²) in [6, 6.07) is 1.74. The third kappa shape index (κ3) is 3.58. The van der Waals surface area contributed by atoms with Crippen LogP contribution in [0, 0.1) is 0 Å². The van der Waals surface area contributed by atoms with Gasteiger partial charge in [0.15, 0.2) is 4.73 Å². The molecule has 5 heteroatoms. The Hall–Kier alpha value is -0.970. The molecule has 1 rings (SSSR count). The lowest BCUT2D eigenvalue weighted by atomic mass is 9.91. The Bertz CT molecular complexity index is 385. The highest BCUT2D eigenvalue weighted by Gasteiger charge is 2.18. The van der Waals surface area contributed by atoms with E-state index in [1.165, 1.54) is 0 Å². The molecule has 15 heavy (non-hydrogen) atoms. The molecule has 0 bridgehead atoms. The number of aliphatic carboxylic acids is 1. The van der Waals surface area contributed by atoms with E-state index in [0.29, 0.717) is 10.4 Å². The SMILES string of the molecule is CC(C)(C)c1cc(CC(=O)O)nc(Br)n1. The summed E-state index contributed by atoms with van der Waals surface area (Å²) in [4.78, 5) is 18.8. The van der Waals surface area contributed by atoms with Crippen molar-refractivity contribution in [3.63, 3.8) is 0 Å². The number of carboxylic acid groups (broad SMARTS) is 1. The Morgan fingerprint density at radius 2 is 2.07 bits per heavy atom. The van der Waals surface area contributed by atoms with Crippen molar-refractivity contribution in [2.75, 3.05) is 0 Å². The van der Waals surface area contributed by atoms with E-state index in [-0.39, 0.29) is 11.8 Å². The van der Waals surface area contributed by atoms with Crippen LogP contribution in [0.15, 0.2) is 10.8 Å². The van der Waals surface area contributed by atoms with Crippen LogP contribution in [0.3, 0.4) is 0 Å². The molecule has 0 unspecified atom stereocenters. The first-order chi connectivity index (χ1) is 6.79. The highest BCUT2D eigenvalue weighted by molar-refractivity contribution is 9.10. The Balaban J connectivity index is 3.11. The molecule has 0 saturated heterocycles. The van der Waals surface area contributed by atoms with Gasteiger partial charge in [-0.25, -0.2) is 9.97 Å².